The Labute approximate surface area is 151 Å². The molecule has 1 fully saturated rings. The third kappa shape index (κ3) is 2.97. The Morgan fingerprint density at radius 3 is 2.54 bits per heavy atom. The fourth-order valence-electron chi connectivity index (χ4n) is 3.63. The summed E-state index contributed by atoms with van der Waals surface area (Å²) < 4.78 is 2.77. The van der Waals surface area contributed by atoms with Crippen LogP contribution in [0.4, 0.5) is 0 Å². The van der Waals surface area contributed by atoms with Crippen molar-refractivity contribution in [2.45, 2.75) is 25.3 Å². The molecule has 2 aromatic heterocycles. The number of aromatic nitrogens is 3. The quantitative estimate of drug-likeness (QED) is 0.779. The molecule has 0 bridgehead atoms. The van der Waals surface area contributed by atoms with E-state index in [2.05, 4.69) is 5.32 Å². The van der Waals surface area contributed by atoms with Gasteiger partial charge in [0, 0.05) is 18.7 Å². The highest BCUT2D eigenvalue weighted by atomic mass is 16.2. The molecule has 0 saturated carbocycles. The lowest BCUT2D eigenvalue weighted by molar-refractivity contribution is 0.453. The number of hydrogen-bond acceptors (Lipinski definition) is 4. The van der Waals surface area contributed by atoms with Crippen LogP contribution in [0.2, 0.25) is 0 Å². The molecule has 1 aliphatic rings. The molecule has 0 spiro atoms. The molecule has 1 N–H and O–H groups in total. The van der Waals surface area contributed by atoms with Gasteiger partial charge in [-0.1, -0.05) is 30.3 Å². The van der Waals surface area contributed by atoms with E-state index in [9.17, 15) is 9.59 Å². The first kappa shape index (κ1) is 16.7. The zero-order valence-corrected chi connectivity index (χ0v) is 14.8. The Bertz CT molecular complexity index is 1050. The molecule has 134 valence electrons. The van der Waals surface area contributed by atoms with E-state index in [1.165, 1.54) is 7.05 Å². The summed E-state index contributed by atoms with van der Waals surface area (Å²) in [7, 11) is 1.52. The van der Waals surface area contributed by atoms with Gasteiger partial charge < -0.3 is 5.32 Å². The van der Waals surface area contributed by atoms with E-state index in [1.807, 2.05) is 42.5 Å². The highest BCUT2D eigenvalue weighted by Crippen LogP contribution is 2.24. The maximum atomic E-state index is 12.8. The van der Waals surface area contributed by atoms with Crippen LogP contribution in [0, 0.1) is 0 Å². The van der Waals surface area contributed by atoms with Gasteiger partial charge in [-0.25, -0.2) is 9.78 Å². The summed E-state index contributed by atoms with van der Waals surface area (Å²) in [5.74, 6) is 0.366. The standard InChI is InChI=1S/C20H22N4O2/c1-23-19(25)16-7-8-17(15-9-11-21-12-10-15)22-18(16)24(20(23)26)13-14-5-3-2-4-6-14/h2-8,15,21H,9-13H2,1H3. The topological polar surface area (TPSA) is 68.9 Å². The highest BCUT2D eigenvalue weighted by Gasteiger charge is 2.19. The van der Waals surface area contributed by atoms with Gasteiger partial charge in [0.05, 0.1) is 11.9 Å². The molecule has 0 amide bonds. The van der Waals surface area contributed by atoms with Crippen molar-refractivity contribution < 1.29 is 0 Å². The van der Waals surface area contributed by atoms with Crippen molar-refractivity contribution in [3.05, 3.63) is 74.6 Å². The van der Waals surface area contributed by atoms with Crippen molar-refractivity contribution in [1.29, 1.82) is 0 Å². The summed E-state index contributed by atoms with van der Waals surface area (Å²) in [4.78, 5) is 30.1. The lowest BCUT2D eigenvalue weighted by atomic mass is 9.94. The van der Waals surface area contributed by atoms with Crippen LogP contribution in [0.25, 0.3) is 11.0 Å². The minimum absolute atomic E-state index is 0.293. The normalized spacial score (nSPS) is 15.4. The summed E-state index contributed by atoms with van der Waals surface area (Å²) in [5, 5.41) is 3.84. The minimum atomic E-state index is -0.332. The number of rotatable bonds is 3. The molecular formula is C20H22N4O2. The van der Waals surface area contributed by atoms with Crippen LogP contribution in [0.1, 0.15) is 30.0 Å². The van der Waals surface area contributed by atoms with Gasteiger partial charge in [-0.05, 0) is 43.6 Å². The predicted octanol–water partition coefficient (Wildman–Crippen LogP) is 1.61. The Balaban J connectivity index is 1.89. The number of nitrogens with one attached hydrogen (secondary N) is 1. The SMILES string of the molecule is Cn1c(=O)c2ccc(C3CCNCC3)nc2n(Cc2ccccc2)c1=O. The zero-order valence-electron chi connectivity index (χ0n) is 14.8. The smallest absolute Gasteiger partial charge is 0.317 e. The molecule has 1 aromatic carbocycles. The molecule has 3 aromatic rings. The van der Waals surface area contributed by atoms with E-state index in [-0.39, 0.29) is 11.2 Å². The molecule has 6 heteroatoms. The Hall–Kier alpha value is -2.73. The van der Waals surface area contributed by atoms with E-state index >= 15 is 0 Å². The van der Waals surface area contributed by atoms with Gasteiger partial charge in [-0.15, -0.1) is 0 Å². The minimum Gasteiger partial charge on any atom is -0.317 e. The average molecular weight is 350 g/mol. The summed E-state index contributed by atoms with van der Waals surface area (Å²) in [6, 6.07) is 13.5. The molecule has 4 rings (SSSR count). The number of fused-ring (bicyclic) bond motifs is 1. The molecule has 1 saturated heterocycles. The van der Waals surface area contributed by atoms with Crippen molar-refractivity contribution in [1.82, 2.24) is 19.4 Å². The first-order valence-electron chi connectivity index (χ1n) is 9.00. The summed E-state index contributed by atoms with van der Waals surface area (Å²) in [6.07, 6.45) is 2.04. The third-order valence-electron chi connectivity index (χ3n) is 5.15. The van der Waals surface area contributed by atoms with Gasteiger partial charge in [0.25, 0.3) is 5.56 Å². The Morgan fingerprint density at radius 1 is 1.08 bits per heavy atom. The van der Waals surface area contributed by atoms with E-state index in [1.54, 1.807) is 4.57 Å². The summed E-state index contributed by atoms with van der Waals surface area (Å²) in [6.45, 7) is 2.34. The lowest BCUT2D eigenvalue weighted by Gasteiger charge is -2.22. The maximum absolute atomic E-state index is 12.8. The number of benzene rings is 1. The van der Waals surface area contributed by atoms with Crippen LogP contribution in [0.3, 0.4) is 0 Å². The number of pyridine rings is 1. The van der Waals surface area contributed by atoms with Crippen molar-refractivity contribution >= 4 is 11.0 Å². The summed E-state index contributed by atoms with van der Waals surface area (Å²) >= 11 is 0. The van der Waals surface area contributed by atoms with Gasteiger partial charge in [0.2, 0.25) is 0 Å². The van der Waals surface area contributed by atoms with Crippen LogP contribution in [-0.4, -0.2) is 27.2 Å². The van der Waals surface area contributed by atoms with Crippen molar-refractivity contribution in [3.8, 4) is 0 Å². The van der Waals surface area contributed by atoms with Crippen molar-refractivity contribution in [2.75, 3.05) is 13.1 Å². The number of nitrogens with zero attached hydrogens (tertiary/aromatic N) is 3. The second-order valence-electron chi connectivity index (χ2n) is 6.85. The van der Waals surface area contributed by atoms with Gasteiger partial charge in [-0.3, -0.25) is 13.9 Å². The molecule has 0 unspecified atom stereocenters. The fraction of sp³-hybridized carbons (Fsp3) is 0.350. The maximum Gasteiger partial charge on any atom is 0.332 e. The van der Waals surface area contributed by atoms with Crippen molar-refractivity contribution in [2.24, 2.45) is 7.05 Å². The molecule has 26 heavy (non-hydrogen) atoms. The van der Waals surface area contributed by atoms with Crippen LogP contribution in [0.15, 0.2) is 52.1 Å². The van der Waals surface area contributed by atoms with E-state index in [0.717, 1.165) is 41.8 Å². The first-order valence-corrected chi connectivity index (χ1v) is 9.00. The van der Waals surface area contributed by atoms with E-state index in [4.69, 9.17) is 4.98 Å². The second-order valence-corrected chi connectivity index (χ2v) is 6.85. The van der Waals surface area contributed by atoms with Gasteiger partial charge >= 0.3 is 5.69 Å². The van der Waals surface area contributed by atoms with Gasteiger partial charge in [-0.2, -0.15) is 0 Å². The number of hydrogen-bond donors (Lipinski definition) is 1. The van der Waals surface area contributed by atoms with Crippen LogP contribution < -0.4 is 16.6 Å². The third-order valence-corrected chi connectivity index (χ3v) is 5.15. The van der Waals surface area contributed by atoms with E-state index in [0.29, 0.717) is 23.5 Å². The van der Waals surface area contributed by atoms with Crippen LogP contribution >= 0.6 is 0 Å². The monoisotopic (exact) mass is 350 g/mol. The molecule has 6 nitrogen and oxygen atoms in total. The highest BCUT2D eigenvalue weighted by molar-refractivity contribution is 5.74. The van der Waals surface area contributed by atoms with Gasteiger partial charge in [0.1, 0.15) is 5.65 Å². The summed E-state index contributed by atoms with van der Waals surface area (Å²) in [5.41, 5.74) is 1.83. The molecule has 0 radical (unpaired) electrons. The van der Waals surface area contributed by atoms with Crippen LogP contribution in [-0.2, 0) is 13.6 Å². The number of piperidine rings is 1. The second kappa shape index (κ2) is 6.88. The predicted molar refractivity (Wildman–Crippen MR) is 102 cm³/mol. The molecule has 3 heterocycles. The average Bonchev–Trinajstić information content (AvgIpc) is 2.70. The van der Waals surface area contributed by atoms with E-state index < -0.39 is 0 Å². The largest absolute Gasteiger partial charge is 0.332 e. The molecule has 0 aliphatic carbocycles. The first-order chi connectivity index (χ1) is 12.6. The molecule has 1 aliphatic heterocycles. The fourth-order valence-corrected chi connectivity index (χ4v) is 3.63. The lowest BCUT2D eigenvalue weighted by Crippen LogP contribution is -2.39. The van der Waals surface area contributed by atoms with Gasteiger partial charge in [0.15, 0.2) is 0 Å². The Morgan fingerprint density at radius 2 is 1.81 bits per heavy atom. The Kier molecular flexibility index (Phi) is 4.42. The van der Waals surface area contributed by atoms with Crippen LogP contribution in [0.5, 0.6) is 0 Å². The zero-order chi connectivity index (χ0) is 18.1. The van der Waals surface area contributed by atoms with Crippen molar-refractivity contribution in [3.63, 3.8) is 0 Å². The molecular weight excluding hydrogens is 328 g/mol. The molecule has 0 atom stereocenters.